The Morgan fingerprint density at radius 1 is 1.17 bits per heavy atom. The first kappa shape index (κ1) is 17.6. The Labute approximate surface area is 145 Å². The van der Waals surface area contributed by atoms with Gasteiger partial charge in [-0.3, -0.25) is 0 Å². The summed E-state index contributed by atoms with van der Waals surface area (Å²) in [7, 11) is 3.13. The Morgan fingerprint density at radius 2 is 1.92 bits per heavy atom. The summed E-state index contributed by atoms with van der Waals surface area (Å²) >= 11 is 5.90. The molecule has 0 aliphatic carbocycles. The normalized spacial score (nSPS) is 9.96. The van der Waals surface area contributed by atoms with Gasteiger partial charge in [0.1, 0.15) is 5.75 Å². The summed E-state index contributed by atoms with van der Waals surface area (Å²) in [4.78, 5) is 25.1. The Hall–Kier alpha value is -2.73. The molecule has 0 radical (unpaired) electrons. The number of hydrogen-bond acceptors (Lipinski definition) is 3. The van der Waals surface area contributed by atoms with Crippen LogP contribution in [-0.2, 0) is 6.54 Å². The summed E-state index contributed by atoms with van der Waals surface area (Å²) in [5, 5.41) is 5.69. The number of urea groups is 1. The molecule has 3 amide bonds. The average Bonchev–Trinajstić information content (AvgIpc) is 2.56. The van der Waals surface area contributed by atoms with Crippen LogP contribution < -0.4 is 15.4 Å². The highest BCUT2D eigenvalue weighted by molar-refractivity contribution is 6.30. The van der Waals surface area contributed by atoms with Gasteiger partial charge in [0.05, 0.1) is 6.54 Å². The number of halogens is 1. The van der Waals surface area contributed by atoms with E-state index in [0.717, 1.165) is 0 Å². The van der Waals surface area contributed by atoms with Crippen molar-refractivity contribution in [2.24, 2.45) is 0 Å². The minimum absolute atomic E-state index is 0.277. The monoisotopic (exact) mass is 347 g/mol. The SMILES string of the molecule is CNC(=O)Oc1ccccc1CN(C)C(=O)Nc1cccc(Cl)c1. The minimum atomic E-state index is -0.562. The van der Waals surface area contributed by atoms with E-state index in [9.17, 15) is 9.59 Å². The van der Waals surface area contributed by atoms with Gasteiger partial charge < -0.3 is 20.3 Å². The number of nitrogens with zero attached hydrogens (tertiary/aromatic N) is 1. The van der Waals surface area contributed by atoms with E-state index >= 15 is 0 Å². The van der Waals surface area contributed by atoms with Crippen LogP contribution in [0.1, 0.15) is 5.56 Å². The summed E-state index contributed by atoms with van der Waals surface area (Å²) < 4.78 is 5.18. The first-order chi connectivity index (χ1) is 11.5. The van der Waals surface area contributed by atoms with Gasteiger partial charge in [0.2, 0.25) is 0 Å². The molecule has 0 aliphatic heterocycles. The van der Waals surface area contributed by atoms with Gasteiger partial charge in [0.15, 0.2) is 0 Å². The van der Waals surface area contributed by atoms with Gasteiger partial charge in [-0.2, -0.15) is 0 Å². The van der Waals surface area contributed by atoms with Crippen molar-refractivity contribution in [1.82, 2.24) is 10.2 Å². The zero-order valence-corrected chi connectivity index (χ0v) is 14.1. The molecule has 2 aromatic carbocycles. The molecule has 2 aromatic rings. The van der Waals surface area contributed by atoms with Crippen LogP contribution in [0.15, 0.2) is 48.5 Å². The predicted octanol–water partition coefficient (Wildman–Crippen LogP) is 3.72. The number of carbonyl (C=O) groups excluding carboxylic acids is 2. The highest BCUT2D eigenvalue weighted by Crippen LogP contribution is 2.20. The number of rotatable bonds is 4. The smallest absolute Gasteiger partial charge is 0.410 e. The van der Waals surface area contributed by atoms with Gasteiger partial charge in [-0.05, 0) is 24.3 Å². The summed E-state index contributed by atoms with van der Waals surface area (Å²) in [5.41, 5.74) is 1.32. The molecule has 0 aliphatic rings. The third-order valence-electron chi connectivity index (χ3n) is 3.21. The average molecular weight is 348 g/mol. The molecule has 7 heteroatoms. The number of anilines is 1. The van der Waals surface area contributed by atoms with Gasteiger partial charge in [0, 0.05) is 30.4 Å². The maximum Gasteiger partial charge on any atom is 0.412 e. The lowest BCUT2D eigenvalue weighted by Gasteiger charge is -2.19. The molecule has 0 unspecified atom stereocenters. The van der Waals surface area contributed by atoms with Crippen LogP contribution in [0.2, 0.25) is 5.02 Å². The van der Waals surface area contributed by atoms with Crippen LogP contribution in [0.3, 0.4) is 0 Å². The van der Waals surface area contributed by atoms with Crippen LogP contribution in [0.5, 0.6) is 5.75 Å². The summed E-state index contributed by atoms with van der Waals surface area (Å²) in [5.74, 6) is 0.402. The van der Waals surface area contributed by atoms with Crippen molar-refractivity contribution in [3.8, 4) is 5.75 Å². The molecule has 0 heterocycles. The van der Waals surface area contributed by atoms with E-state index in [-0.39, 0.29) is 12.6 Å². The fraction of sp³-hybridized carbons (Fsp3) is 0.176. The fourth-order valence-electron chi connectivity index (χ4n) is 2.00. The standard InChI is InChI=1S/C17H18ClN3O3/c1-19-17(23)24-15-9-4-3-6-12(15)11-21(2)16(22)20-14-8-5-7-13(18)10-14/h3-10H,11H2,1-2H3,(H,19,23)(H,20,22). The molecule has 0 aromatic heterocycles. The van der Waals surface area contributed by atoms with Crippen molar-refractivity contribution in [3.63, 3.8) is 0 Å². The molecule has 2 N–H and O–H groups in total. The fourth-order valence-corrected chi connectivity index (χ4v) is 2.19. The second-order valence-corrected chi connectivity index (χ2v) is 5.48. The number of hydrogen-bond donors (Lipinski definition) is 2. The van der Waals surface area contributed by atoms with Crippen LogP contribution in [0, 0.1) is 0 Å². The Balaban J connectivity index is 2.05. The lowest BCUT2D eigenvalue weighted by Crippen LogP contribution is -2.31. The number of ether oxygens (including phenoxy) is 1. The molecule has 24 heavy (non-hydrogen) atoms. The van der Waals surface area contributed by atoms with Crippen LogP contribution in [0.4, 0.5) is 15.3 Å². The van der Waals surface area contributed by atoms with Gasteiger partial charge in [-0.25, -0.2) is 9.59 Å². The van der Waals surface area contributed by atoms with Crippen molar-refractivity contribution in [2.45, 2.75) is 6.54 Å². The molecule has 2 rings (SSSR count). The third-order valence-corrected chi connectivity index (χ3v) is 3.44. The van der Waals surface area contributed by atoms with Gasteiger partial charge in [-0.1, -0.05) is 35.9 Å². The molecule has 6 nitrogen and oxygen atoms in total. The predicted molar refractivity (Wildman–Crippen MR) is 93.5 cm³/mol. The topological polar surface area (TPSA) is 70.7 Å². The van der Waals surface area contributed by atoms with E-state index in [4.69, 9.17) is 16.3 Å². The van der Waals surface area contributed by atoms with Crippen molar-refractivity contribution in [2.75, 3.05) is 19.4 Å². The van der Waals surface area contributed by atoms with Crippen LogP contribution in [0.25, 0.3) is 0 Å². The molecule has 0 atom stereocenters. The van der Waals surface area contributed by atoms with E-state index in [2.05, 4.69) is 10.6 Å². The summed E-state index contributed by atoms with van der Waals surface area (Å²) in [6.45, 7) is 0.277. The second-order valence-electron chi connectivity index (χ2n) is 5.04. The minimum Gasteiger partial charge on any atom is -0.410 e. The zero-order chi connectivity index (χ0) is 17.5. The Morgan fingerprint density at radius 3 is 2.62 bits per heavy atom. The number of amides is 3. The zero-order valence-electron chi connectivity index (χ0n) is 13.4. The van der Waals surface area contributed by atoms with Gasteiger partial charge in [0.25, 0.3) is 0 Å². The van der Waals surface area contributed by atoms with Crippen molar-refractivity contribution < 1.29 is 14.3 Å². The Kier molecular flexibility index (Phi) is 6.03. The van der Waals surface area contributed by atoms with E-state index in [1.165, 1.54) is 11.9 Å². The molecule has 0 spiro atoms. The van der Waals surface area contributed by atoms with E-state index in [1.54, 1.807) is 49.5 Å². The number of carbonyl (C=O) groups is 2. The van der Waals surface area contributed by atoms with Crippen LogP contribution in [-0.4, -0.2) is 31.1 Å². The second kappa shape index (κ2) is 8.21. The molecular weight excluding hydrogens is 330 g/mol. The molecule has 0 fully saturated rings. The molecule has 0 saturated heterocycles. The van der Waals surface area contributed by atoms with Crippen LogP contribution >= 0.6 is 11.6 Å². The van der Waals surface area contributed by atoms with Gasteiger partial charge >= 0.3 is 12.1 Å². The van der Waals surface area contributed by atoms with Gasteiger partial charge in [-0.15, -0.1) is 0 Å². The maximum absolute atomic E-state index is 12.3. The highest BCUT2D eigenvalue weighted by atomic mass is 35.5. The van der Waals surface area contributed by atoms with E-state index in [0.29, 0.717) is 22.0 Å². The molecule has 0 bridgehead atoms. The maximum atomic E-state index is 12.3. The summed E-state index contributed by atoms with van der Waals surface area (Å²) in [6.07, 6.45) is -0.562. The third kappa shape index (κ3) is 4.89. The molecule has 0 saturated carbocycles. The number of nitrogens with one attached hydrogen (secondary N) is 2. The lowest BCUT2D eigenvalue weighted by atomic mass is 10.2. The number of para-hydroxylation sites is 1. The highest BCUT2D eigenvalue weighted by Gasteiger charge is 2.13. The Bertz CT molecular complexity index is 737. The molecular formula is C17H18ClN3O3. The van der Waals surface area contributed by atoms with Crippen molar-refractivity contribution >= 4 is 29.4 Å². The summed E-state index contributed by atoms with van der Waals surface area (Å²) in [6, 6.07) is 13.6. The number of benzene rings is 2. The van der Waals surface area contributed by atoms with Crippen molar-refractivity contribution in [1.29, 1.82) is 0 Å². The first-order valence-corrected chi connectivity index (χ1v) is 7.62. The van der Waals surface area contributed by atoms with Crippen molar-refractivity contribution in [3.05, 3.63) is 59.1 Å². The largest absolute Gasteiger partial charge is 0.412 e. The quantitative estimate of drug-likeness (QED) is 0.885. The first-order valence-electron chi connectivity index (χ1n) is 7.24. The molecule has 126 valence electrons. The van der Waals surface area contributed by atoms with E-state index < -0.39 is 6.09 Å². The lowest BCUT2D eigenvalue weighted by molar-refractivity contribution is 0.201. The van der Waals surface area contributed by atoms with E-state index in [1.807, 2.05) is 6.07 Å².